The Bertz CT molecular complexity index is 1310. The number of hydrogen-bond donors (Lipinski definition) is 1. The number of aryl methyl sites for hydroxylation is 1. The number of anilines is 1. The highest BCUT2D eigenvalue weighted by molar-refractivity contribution is 6.03. The zero-order chi connectivity index (χ0) is 26.2. The minimum atomic E-state index is -1.01. The third-order valence-electron chi connectivity index (χ3n) is 5.84. The Morgan fingerprint density at radius 2 is 1.49 bits per heavy atom. The molecule has 0 aliphatic rings. The van der Waals surface area contributed by atoms with Gasteiger partial charge in [0.2, 0.25) is 0 Å². The summed E-state index contributed by atoms with van der Waals surface area (Å²) < 4.78 is 10.7. The van der Waals surface area contributed by atoms with Gasteiger partial charge in [0.15, 0.2) is 11.9 Å². The van der Waals surface area contributed by atoms with E-state index in [-0.39, 0.29) is 17.2 Å². The first-order valence-corrected chi connectivity index (χ1v) is 11.9. The van der Waals surface area contributed by atoms with Crippen LogP contribution in [0.4, 0.5) is 5.69 Å². The molecule has 3 aromatic carbocycles. The van der Waals surface area contributed by atoms with E-state index in [1.807, 2.05) is 67.6 Å². The number of nitrogens with one attached hydrogen (secondary N) is 1. The first-order valence-electron chi connectivity index (χ1n) is 11.9. The van der Waals surface area contributed by atoms with Crippen LogP contribution in [-0.2, 0) is 22.6 Å². The maximum atomic E-state index is 13.4. The highest BCUT2D eigenvalue weighted by Crippen LogP contribution is 2.20. The summed E-state index contributed by atoms with van der Waals surface area (Å²) in [7, 11) is 0. The Labute approximate surface area is 215 Å². The second-order valence-corrected chi connectivity index (χ2v) is 8.67. The van der Waals surface area contributed by atoms with Crippen molar-refractivity contribution in [1.29, 1.82) is 0 Å². The number of carbonyl (C=O) groups is 3. The van der Waals surface area contributed by atoms with Gasteiger partial charge < -0.3 is 19.4 Å². The second kappa shape index (κ2) is 11.9. The van der Waals surface area contributed by atoms with E-state index in [4.69, 9.17) is 9.15 Å². The van der Waals surface area contributed by atoms with Crippen molar-refractivity contribution in [2.45, 2.75) is 33.0 Å². The largest absolute Gasteiger partial charge is 0.459 e. The molecule has 0 spiro atoms. The second-order valence-electron chi connectivity index (χ2n) is 8.67. The van der Waals surface area contributed by atoms with Crippen molar-refractivity contribution in [3.8, 4) is 0 Å². The van der Waals surface area contributed by atoms with Gasteiger partial charge in [0.1, 0.15) is 0 Å². The molecule has 1 aromatic heterocycles. The van der Waals surface area contributed by atoms with Crippen LogP contribution in [0.25, 0.3) is 0 Å². The summed E-state index contributed by atoms with van der Waals surface area (Å²) in [6, 6.07) is 27.3. The van der Waals surface area contributed by atoms with Gasteiger partial charge in [-0.15, -0.1) is 0 Å². The van der Waals surface area contributed by atoms with Gasteiger partial charge in [-0.05, 0) is 54.8 Å². The van der Waals surface area contributed by atoms with E-state index < -0.39 is 18.0 Å². The van der Waals surface area contributed by atoms with Gasteiger partial charge in [-0.25, -0.2) is 4.79 Å². The van der Waals surface area contributed by atoms with E-state index >= 15 is 0 Å². The summed E-state index contributed by atoms with van der Waals surface area (Å²) in [5.74, 6) is -1.24. The van der Waals surface area contributed by atoms with Crippen LogP contribution >= 0.6 is 0 Å². The standard InChI is InChI=1S/C30H28N2O5/c1-21-15-16-25(18-26(21)31-28(33)27-14-9-17-36-27)30(35)37-22(2)29(34)32(19-23-10-5-3-6-11-23)20-24-12-7-4-8-13-24/h3-18,22H,19-20H2,1-2H3,(H,31,33)/t22-/m0/s1. The molecule has 0 aliphatic heterocycles. The lowest BCUT2D eigenvalue weighted by molar-refractivity contribution is -0.141. The molecule has 1 N–H and O–H groups in total. The number of ether oxygens (including phenoxy) is 1. The predicted molar refractivity (Wildman–Crippen MR) is 140 cm³/mol. The van der Waals surface area contributed by atoms with Crippen LogP contribution in [0, 0.1) is 6.92 Å². The van der Waals surface area contributed by atoms with Crippen LogP contribution in [0.15, 0.2) is 102 Å². The number of benzene rings is 3. The normalized spacial score (nSPS) is 11.4. The molecule has 0 aliphatic carbocycles. The number of nitrogens with zero attached hydrogens (tertiary/aromatic N) is 1. The van der Waals surface area contributed by atoms with Crippen LogP contribution in [0.5, 0.6) is 0 Å². The first kappa shape index (κ1) is 25.4. The van der Waals surface area contributed by atoms with Gasteiger partial charge in [0.05, 0.1) is 11.8 Å². The van der Waals surface area contributed by atoms with E-state index in [1.165, 1.54) is 12.3 Å². The summed E-state index contributed by atoms with van der Waals surface area (Å²) >= 11 is 0. The zero-order valence-corrected chi connectivity index (χ0v) is 20.7. The van der Waals surface area contributed by atoms with Gasteiger partial charge >= 0.3 is 5.97 Å². The Morgan fingerprint density at radius 1 is 0.865 bits per heavy atom. The molecule has 7 heteroatoms. The topological polar surface area (TPSA) is 88.9 Å². The summed E-state index contributed by atoms with van der Waals surface area (Å²) in [6.45, 7) is 4.13. The van der Waals surface area contributed by atoms with E-state index in [0.717, 1.165) is 16.7 Å². The van der Waals surface area contributed by atoms with E-state index in [9.17, 15) is 14.4 Å². The monoisotopic (exact) mass is 496 g/mol. The number of amides is 2. The van der Waals surface area contributed by atoms with Crippen molar-refractivity contribution >= 4 is 23.5 Å². The third-order valence-corrected chi connectivity index (χ3v) is 5.84. The number of carbonyl (C=O) groups excluding carboxylic acids is 3. The van der Waals surface area contributed by atoms with Gasteiger partial charge in [0, 0.05) is 18.8 Å². The molecule has 2 amide bonds. The maximum absolute atomic E-state index is 13.4. The Morgan fingerprint density at radius 3 is 2.05 bits per heavy atom. The average Bonchev–Trinajstić information content (AvgIpc) is 3.46. The summed E-state index contributed by atoms with van der Waals surface area (Å²) in [5, 5.41) is 2.74. The van der Waals surface area contributed by atoms with Crippen molar-refractivity contribution in [1.82, 2.24) is 4.90 Å². The van der Waals surface area contributed by atoms with Crippen LogP contribution in [0.3, 0.4) is 0 Å². The SMILES string of the molecule is Cc1ccc(C(=O)O[C@@H](C)C(=O)N(Cc2ccccc2)Cc2ccccc2)cc1NC(=O)c1ccco1. The van der Waals surface area contributed by atoms with Gasteiger partial charge in [0.25, 0.3) is 11.8 Å². The molecule has 0 radical (unpaired) electrons. The molecular weight excluding hydrogens is 468 g/mol. The quantitative estimate of drug-likeness (QED) is 0.304. The zero-order valence-electron chi connectivity index (χ0n) is 20.7. The minimum absolute atomic E-state index is 0.156. The molecular formula is C30H28N2O5. The van der Waals surface area contributed by atoms with Crippen LogP contribution in [0.2, 0.25) is 0 Å². The lowest BCUT2D eigenvalue weighted by Gasteiger charge is -2.26. The smallest absolute Gasteiger partial charge is 0.338 e. The highest BCUT2D eigenvalue weighted by Gasteiger charge is 2.25. The molecule has 0 fully saturated rings. The highest BCUT2D eigenvalue weighted by atomic mass is 16.5. The van der Waals surface area contributed by atoms with Crippen LogP contribution in [-0.4, -0.2) is 28.8 Å². The molecule has 0 saturated heterocycles. The third kappa shape index (κ3) is 6.73. The van der Waals surface area contributed by atoms with Gasteiger partial charge in [-0.1, -0.05) is 66.7 Å². The van der Waals surface area contributed by atoms with Crippen molar-refractivity contribution in [2.75, 3.05) is 5.32 Å². The average molecular weight is 497 g/mol. The molecule has 188 valence electrons. The van der Waals surface area contributed by atoms with Crippen molar-refractivity contribution in [2.24, 2.45) is 0 Å². The van der Waals surface area contributed by atoms with Crippen molar-refractivity contribution in [3.63, 3.8) is 0 Å². The molecule has 0 unspecified atom stereocenters. The predicted octanol–water partition coefficient (Wildman–Crippen LogP) is 5.61. The van der Waals surface area contributed by atoms with E-state index in [1.54, 1.807) is 36.1 Å². The fraction of sp³-hybridized carbons (Fsp3) is 0.167. The molecule has 0 bridgehead atoms. The molecule has 0 saturated carbocycles. The lowest BCUT2D eigenvalue weighted by atomic mass is 10.1. The van der Waals surface area contributed by atoms with Crippen LogP contribution in [0.1, 0.15) is 44.5 Å². The maximum Gasteiger partial charge on any atom is 0.338 e. The molecule has 1 atom stereocenters. The Hall–Kier alpha value is -4.65. The van der Waals surface area contributed by atoms with E-state index in [0.29, 0.717) is 18.8 Å². The number of hydrogen-bond acceptors (Lipinski definition) is 5. The van der Waals surface area contributed by atoms with Gasteiger partial charge in [-0.3, -0.25) is 9.59 Å². The number of esters is 1. The molecule has 4 rings (SSSR count). The lowest BCUT2D eigenvalue weighted by Crippen LogP contribution is -2.39. The molecule has 7 nitrogen and oxygen atoms in total. The number of furan rings is 1. The van der Waals surface area contributed by atoms with Crippen molar-refractivity contribution in [3.05, 3.63) is 125 Å². The summed E-state index contributed by atoms with van der Waals surface area (Å²) in [4.78, 5) is 40.4. The summed E-state index contributed by atoms with van der Waals surface area (Å²) in [5.41, 5.74) is 3.38. The molecule has 1 heterocycles. The summed E-state index contributed by atoms with van der Waals surface area (Å²) in [6.07, 6.45) is 0.398. The van der Waals surface area contributed by atoms with E-state index in [2.05, 4.69) is 5.32 Å². The molecule has 4 aromatic rings. The first-order chi connectivity index (χ1) is 17.9. The minimum Gasteiger partial charge on any atom is -0.459 e. The molecule has 37 heavy (non-hydrogen) atoms. The number of rotatable bonds is 9. The van der Waals surface area contributed by atoms with Crippen molar-refractivity contribution < 1.29 is 23.5 Å². The fourth-order valence-corrected chi connectivity index (χ4v) is 3.83. The Balaban J connectivity index is 1.47. The van der Waals surface area contributed by atoms with Crippen LogP contribution < -0.4 is 5.32 Å². The fourth-order valence-electron chi connectivity index (χ4n) is 3.83. The Kier molecular flexibility index (Phi) is 8.15. The van der Waals surface area contributed by atoms with Gasteiger partial charge in [-0.2, -0.15) is 0 Å².